The summed E-state index contributed by atoms with van der Waals surface area (Å²) in [6, 6.07) is 11.0. The molecule has 2 aromatic carbocycles. The molecule has 0 radical (unpaired) electrons. The fraction of sp³-hybridized carbons (Fsp3) is 0.143. The molecule has 2 aromatic rings. The summed E-state index contributed by atoms with van der Waals surface area (Å²) in [5, 5.41) is 10.5. The Bertz CT molecular complexity index is 656. The van der Waals surface area contributed by atoms with Crippen LogP contribution in [0.5, 0.6) is 17.2 Å². The molecule has 0 atom stereocenters. The number of alkyl halides is 3. The van der Waals surface area contributed by atoms with Crippen molar-refractivity contribution in [3.05, 3.63) is 58.6 Å². The van der Waals surface area contributed by atoms with E-state index in [0.29, 0.717) is 0 Å². The number of nitro benzene ring substituents is 1. The maximum Gasteiger partial charge on any atom is 0.422 e. The molecule has 0 amide bonds. The molecule has 0 spiro atoms. The summed E-state index contributed by atoms with van der Waals surface area (Å²) in [4.78, 5) is 9.98. The third-order valence-corrected chi connectivity index (χ3v) is 2.52. The van der Waals surface area contributed by atoms with Gasteiger partial charge in [0.05, 0.1) is 4.92 Å². The molecule has 8 heteroatoms. The van der Waals surface area contributed by atoms with Crippen molar-refractivity contribution in [2.24, 2.45) is 0 Å². The molecule has 116 valence electrons. The average Bonchev–Trinajstić information content (AvgIpc) is 2.46. The quantitative estimate of drug-likeness (QED) is 0.609. The van der Waals surface area contributed by atoms with E-state index in [-0.39, 0.29) is 22.9 Å². The van der Waals surface area contributed by atoms with Gasteiger partial charge < -0.3 is 9.47 Å². The third-order valence-electron chi connectivity index (χ3n) is 2.52. The van der Waals surface area contributed by atoms with Gasteiger partial charge >= 0.3 is 6.18 Å². The molecular weight excluding hydrogens is 303 g/mol. The maximum absolute atomic E-state index is 12.2. The van der Waals surface area contributed by atoms with Crippen molar-refractivity contribution in [3.8, 4) is 17.2 Å². The Hall–Kier alpha value is -2.77. The number of hydrogen-bond acceptors (Lipinski definition) is 4. The number of hydrogen-bond donors (Lipinski definition) is 0. The van der Waals surface area contributed by atoms with E-state index >= 15 is 0 Å². The second-order valence-electron chi connectivity index (χ2n) is 4.20. The lowest BCUT2D eigenvalue weighted by molar-refractivity contribution is -0.384. The normalized spacial score (nSPS) is 11.0. The zero-order valence-electron chi connectivity index (χ0n) is 11.0. The zero-order chi connectivity index (χ0) is 16.2. The van der Waals surface area contributed by atoms with Gasteiger partial charge in [0.15, 0.2) is 18.1 Å². The van der Waals surface area contributed by atoms with E-state index in [1.807, 2.05) is 0 Å². The first-order valence-electron chi connectivity index (χ1n) is 6.06. The van der Waals surface area contributed by atoms with Crippen molar-refractivity contribution < 1.29 is 27.6 Å². The van der Waals surface area contributed by atoms with Crippen LogP contribution in [0.2, 0.25) is 0 Å². The van der Waals surface area contributed by atoms with Crippen LogP contribution in [0.25, 0.3) is 0 Å². The predicted octanol–water partition coefficient (Wildman–Crippen LogP) is 4.33. The van der Waals surface area contributed by atoms with Gasteiger partial charge in [-0.25, -0.2) is 0 Å². The standard InChI is InChI=1S/C14H10F3NO4/c15-14(16,17)9-21-12-3-1-2-4-13(12)22-11-7-5-10(6-8-11)18(19)20/h1-8H,9H2. The van der Waals surface area contributed by atoms with Gasteiger partial charge in [-0.1, -0.05) is 12.1 Å². The summed E-state index contributed by atoms with van der Waals surface area (Å²) in [5.74, 6) is 0.257. The van der Waals surface area contributed by atoms with Crippen molar-refractivity contribution >= 4 is 5.69 Å². The van der Waals surface area contributed by atoms with Crippen molar-refractivity contribution in [2.75, 3.05) is 6.61 Å². The number of halogens is 3. The second-order valence-corrected chi connectivity index (χ2v) is 4.20. The Balaban J connectivity index is 2.13. The fourth-order valence-electron chi connectivity index (χ4n) is 1.58. The Morgan fingerprint density at radius 1 is 1.00 bits per heavy atom. The largest absolute Gasteiger partial charge is 0.480 e. The Morgan fingerprint density at radius 3 is 2.14 bits per heavy atom. The molecule has 0 fully saturated rings. The fourth-order valence-corrected chi connectivity index (χ4v) is 1.58. The molecule has 0 aliphatic carbocycles. The summed E-state index contributed by atoms with van der Waals surface area (Å²) >= 11 is 0. The Labute approximate surface area is 123 Å². The van der Waals surface area contributed by atoms with Crippen LogP contribution in [0.4, 0.5) is 18.9 Å². The van der Waals surface area contributed by atoms with Gasteiger partial charge in [0.1, 0.15) is 5.75 Å². The minimum atomic E-state index is -4.46. The number of rotatable bonds is 5. The summed E-state index contributed by atoms with van der Waals surface area (Å²) in [7, 11) is 0. The van der Waals surface area contributed by atoms with Gasteiger partial charge in [-0.2, -0.15) is 13.2 Å². The van der Waals surface area contributed by atoms with Crippen molar-refractivity contribution in [1.82, 2.24) is 0 Å². The number of non-ortho nitro benzene ring substituents is 1. The van der Waals surface area contributed by atoms with Crippen LogP contribution in [0, 0.1) is 10.1 Å². The number of ether oxygens (including phenoxy) is 2. The lowest BCUT2D eigenvalue weighted by Gasteiger charge is -2.13. The molecule has 0 unspecified atom stereocenters. The van der Waals surface area contributed by atoms with Gasteiger partial charge in [0.2, 0.25) is 0 Å². The summed E-state index contributed by atoms with van der Waals surface area (Å²) < 4.78 is 46.6. The van der Waals surface area contributed by atoms with E-state index in [1.54, 1.807) is 6.07 Å². The first-order chi connectivity index (χ1) is 10.3. The van der Waals surface area contributed by atoms with Crippen molar-refractivity contribution in [1.29, 1.82) is 0 Å². The molecule has 0 heterocycles. The molecule has 2 rings (SSSR count). The minimum Gasteiger partial charge on any atom is -0.480 e. The second kappa shape index (κ2) is 6.33. The molecular formula is C14H10F3NO4. The highest BCUT2D eigenvalue weighted by molar-refractivity contribution is 5.44. The first kappa shape index (κ1) is 15.6. The highest BCUT2D eigenvalue weighted by atomic mass is 19.4. The van der Waals surface area contributed by atoms with Crippen LogP contribution in [0.15, 0.2) is 48.5 Å². The zero-order valence-corrected chi connectivity index (χ0v) is 11.0. The van der Waals surface area contributed by atoms with E-state index in [9.17, 15) is 23.3 Å². The topological polar surface area (TPSA) is 61.6 Å². The third kappa shape index (κ3) is 4.37. The van der Waals surface area contributed by atoms with E-state index in [0.717, 1.165) is 0 Å². The van der Waals surface area contributed by atoms with Gasteiger partial charge in [-0.05, 0) is 24.3 Å². The van der Waals surface area contributed by atoms with E-state index in [1.165, 1.54) is 42.5 Å². The minimum absolute atomic E-state index is 0.0711. The highest BCUT2D eigenvalue weighted by Crippen LogP contribution is 2.32. The van der Waals surface area contributed by atoms with E-state index < -0.39 is 17.7 Å². The van der Waals surface area contributed by atoms with Gasteiger partial charge in [-0.15, -0.1) is 0 Å². The van der Waals surface area contributed by atoms with E-state index in [4.69, 9.17) is 4.74 Å². The summed E-state index contributed by atoms with van der Waals surface area (Å²) in [6.45, 7) is -1.44. The van der Waals surface area contributed by atoms with Crippen LogP contribution in [-0.2, 0) is 0 Å². The van der Waals surface area contributed by atoms with Gasteiger partial charge in [0, 0.05) is 12.1 Å². The average molecular weight is 313 g/mol. The molecule has 0 aliphatic heterocycles. The Morgan fingerprint density at radius 2 is 1.59 bits per heavy atom. The van der Waals surface area contributed by atoms with Crippen LogP contribution in [0.1, 0.15) is 0 Å². The lowest BCUT2D eigenvalue weighted by atomic mass is 10.3. The van der Waals surface area contributed by atoms with Crippen LogP contribution < -0.4 is 9.47 Å². The lowest BCUT2D eigenvalue weighted by Crippen LogP contribution is -2.19. The number of nitro groups is 1. The molecule has 0 aromatic heterocycles. The van der Waals surface area contributed by atoms with Crippen molar-refractivity contribution in [2.45, 2.75) is 6.18 Å². The predicted molar refractivity (Wildman–Crippen MR) is 71.2 cm³/mol. The number of benzene rings is 2. The van der Waals surface area contributed by atoms with Crippen LogP contribution in [0.3, 0.4) is 0 Å². The maximum atomic E-state index is 12.2. The van der Waals surface area contributed by atoms with Crippen molar-refractivity contribution in [3.63, 3.8) is 0 Å². The molecule has 0 N–H and O–H groups in total. The van der Waals surface area contributed by atoms with Crippen LogP contribution >= 0.6 is 0 Å². The van der Waals surface area contributed by atoms with Crippen LogP contribution in [-0.4, -0.2) is 17.7 Å². The molecule has 0 aliphatic rings. The molecule has 0 saturated carbocycles. The molecule has 0 bridgehead atoms. The smallest absolute Gasteiger partial charge is 0.422 e. The molecule has 0 saturated heterocycles. The Kier molecular flexibility index (Phi) is 4.50. The molecule has 5 nitrogen and oxygen atoms in total. The van der Waals surface area contributed by atoms with Gasteiger partial charge in [-0.3, -0.25) is 10.1 Å². The highest BCUT2D eigenvalue weighted by Gasteiger charge is 2.29. The van der Waals surface area contributed by atoms with Gasteiger partial charge in [0.25, 0.3) is 5.69 Å². The molecule has 22 heavy (non-hydrogen) atoms. The van der Waals surface area contributed by atoms with E-state index in [2.05, 4.69) is 4.74 Å². The monoisotopic (exact) mass is 313 g/mol. The summed E-state index contributed by atoms with van der Waals surface area (Å²) in [6.07, 6.45) is -4.46. The first-order valence-corrected chi connectivity index (χ1v) is 6.06. The summed E-state index contributed by atoms with van der Waals surface area (Å²) in [5.41, 5.74) is -0.117. The number of para-hydroxylation sites is 2. The number of nitrogens with zero attached hydrogens (tertiary/aromatic N) is 1. The SMILES string of the molecule is O=[N+]([O-])c1ccc(Oc2ccccc2OCC(F)(F)F)cc1.